The van der Waals surface area contributed by atoms with Gasteiger partial charge in [-0.1, -0.05) is 0 Å². The van der Waals surface area contributed by atoms with Crippen LogP contribution in [0.1, 0.15) is 12.5 Å². The van der Waals surface area contributed by atoms with Crippen molar-refractivity contribution in [3.63, 3.8) is 0 Å². The number of carbonyl (C=O) groups is 1. The Morgan fingerprint density at radius 3 is 2.50 bits per heavy atom. The summed E-state index contributed by atoms with van der Waals surface area (Å²) >= 11 is 0. The fourth-order valence-electron chi connectivity index (χ4n) is 1.06. The predicted molar refractivity (Wildman–Crippen MR) is 49.7 cm³/mol. The van der Waals surface area contributed by atoms with Crippen LogP contribution in [0, 0.1) is 6.61 Å². The first kappa shape index (κ1) is 12.4. The Kier molecular flexibility index (Phi) is 4.19. The smallest absolute Gasteiger partial charge is 0.387 e. The van der Waals surface area contributed by atoms with Crippen molar-refractivity contribution in [3.8, 4) is 11.5 Å². The molecular weight excluding hydrogens is 222 g/mol. The Balaban J connectivity index is 2.95. The minimum absolute atomic E-state index is 0.0194. The lowest BCUT2D eigenvalue weighted by Crippen LogP contribution is -2.05. The zero-order chi connectivity index (χ0) is 12.1. The van der Waals surface area contributed by atoms with E-state index in [0.29, 0.717) is 6.61 Å². The predicted octanol–water partition coefficient (Wildman–Crippen LogP) is 2.10. The van der Waals surface area contributed by atoms with Gasteiger partial charge in [0.05, 0.1) is 0 Å². The van der Waals surface area contributed by atoms with Crippen LogP contribution in [0.4, 0.5) is 8.78 Å². The summed E-state index contributed by atoms with van der Waals surface area (Å²) in [5.74, 6) is -0.780. The molecule has 0 unspecified atom stereocenters. The lowest BCUT2D eigenvalue weighted by Gasteiger charge is -2.08. The molecule has 0 aromatic heterocycles. The molecular formula is C10H9F2O4. The molecule has 0 bridgehead atoms. The third kappa shape index (κ3) is 3.82. The van der Waals surface area contributed by atoms with Gasteiger partial charge in [0.15, 0.2) is 0 Å². The molecule has 4 nitrogen and oxygen atoms in total. The fraction of sp³-hybridized carbons (Fsp3) is 0.200. The van der Waals surface area contributed by atoms with Crippen LogP contribution in [-0.4, -0.2) is 17.7 Å². The number of aliphatic hydroxyl groups excluding tert-OH is 1. The number of esters is 1. The highest BCUT2D eigenvalue weighted by molar-refractivity contribution is 5.69. The summed E-state index contributed by atoms with van der Waals surface area (Å²) in [6.45, 7) is -1.13. The van der Waals surface area contributed by atoms with E-state index in [9.17, 15) is 13.6 Å². The average molecular weight is 231 g/mol. The van der Waals surface area contributed by atoms with Crippen molar-refractivity contribution in [2.45, 2.75) is 13.5 Å². The molecule has 16 heavy (non-hydrogen) atoms. The first-order valence-corrected chi connectivity index (χ1v) is 4.27. The van der Waals surface area contributed by atoms with Crippen molar-refractivity contribution < 1.29 is 28.2 Å². The molecule has 0 saturated heterocycles. The number of hydrogen-bond acceptors (Lipinski definition) is 4. The molecule has 1 radical (unpaired) electrons. The highest BCUT2D eigenvalue weighted by atomic mass is 19.3. The van der Waals surface area contributed by atoms with Crippen molar-refractivity contribution in [1.29, 1.82) is 0 Å². The summed E-state index contributed by atoms with van der Waals surface area (Å²) in [5, 5.41) is 8.75. The van der Waals surface area contributed by atoms with Gasteiger partial charge in [-0.3, -0.25) is 4.79 Å². The van der Waals surface area contributed by atoms with Gasteiger partial charge in [0, 0.05) is 13.0 Å². The maximum atomic E-state index is 11.9. The monoisotopic (exact) mass is 231 g/mol. The van der Waals surface area contributed by atoms with Gasteiger partial charge in [-0.05, 0) is 17.7 Å². The maximum absolute atomic E-state index is 11.9. The van der Waals surface area contributed by atoms with Crippen LogP contribution in [0.25, 0.3) is 0 Å². The van der Waals surface area contributed by atoms with E-state index in [2.05, 4.69) is 9.47 Å². The van der Waals surface area contributed by atoms with Gasteiger partial charge in [-0.25, -0.2) is 0 Å². The number of ether oxygens (including phenoxy) is 2. The number of hydrogen-bond donors (Lipinski definition) is 1. The van der Waals surface area contributed by atoms with Gasteiger partial charge in [-0.2, -0.15) is 8.78 Å². The Labute approximate surface area is 90.4 Å². The van der Waals surface area contributed by atoms with Crippen molar-refractivity contribution in [1.82, 2.24) is 0 Å². The van der Waals surface area contributed by atoms with E-state index in [4.69, 9.17) is 5.11 Å². The van der Waals surface area contributed by atoms with E-state index >= 15 is 0 Å². The van der Waals surface area contributed by atoms with E-state index in [0.717, 1.165) is 6.07 Å². The largest absolute Gasteiger partial charge is 0.435 e. The maximum Gasteiger partial charge on any atom is 0.387 e. The Morgan fingerprint density at radius 2 is 2.00 bits per heavy atom. The zero-order valence-electron chi connectivity index (χ0n) is 8.31. The van der Waals surface area contributed by atoms with Crippen LogP contribution in [0.3, 0.4) is 0 Å². The van der Waals surface area contributed by atoms with E-state index in [-0.39, 0.29) is 17.1 Å². The minimum atomic E-state index is -2.99. The summed E-state index contributed by atoms with van der Waals surface area (Å²) in [7, 11) is 0. The zero-order valence-corrected chi connectivity index (χ0v) is 8.31. The van der Waals surface area contributed by atoms with E-state index in [1.54, 1.807) is 0 Å². The number of rotatable bonds is 4. The Morgan fingerprint density at radius 1 is 1.38 bits per heavy atom. The molecule has 1 aromatic carbocycles. The van der Waals surface area contributed by atoms with Crippen molar-refractivity contribution >= 4 is 5.97 Å². The molecule has 0 amide bonds. The van der Waals surface area contributed by atoms with E-state index in [1.807, 2.05) is 0 Å². The van der Waals surface area contributed by atoms with Crippen LogP contribution >= 0.6 is 0 Å². The molecule has 0 aliphatic carbocycles. The normalized spacial score (nSPS) is 10.3. The Bertz CT molecular complexity index is 379. The summed E-state index contributed by atoms with van der Waals surface area (Å²) in [6, 6.07) is 3.61. The molecule has 0 heterocycles. The molecule has 87 valence electrons. The second kappa shape index (κ2) is 5.41. The highest BCUT2D eigenvalue weighted by Crippen LogP contribution is 2.25. The standard InChI is InChI=1S/C10H9F2O4/c1-6(14)15-8-2-7(5-13)3-9(4-8)16-10(11)12/h2-5,10,13H,1H3. The van der Waals surface area contributed by atoms with Gasteiger partial charge < -0.3 is 14.6 Å². The SMILES string of the molecule is CC(=O)Oc1cc([CH]O)cc(OC(F)F)c1. The Hall–Kier alpha value is -1.69. The fourth-order valence-corrected chi connectivity index (χ4v) is 1.06. The van der Waals surface area contributed by atoms with E-state index in [1.165, 1.54) is 19.1 Å². The molecule has 1 rings (SSSR count). The number of carbonyl (C=O) groups excluding carboxylic acids is 1. The lowest BCUT2D eigenvalue weighted by molar-refractivity contribution is -0.131. The first-order chi connectivity index (χ1) is 7.51. The molecule has 1 aromatic rings. The highest BCUT2D eigenvalue weighted by Gasteiger charge is 2.09. The molecule has 0 fully saturated rings. The number of aliphatic hydroxyl groups is 1. The molecule has 0 aliphatic rings. The van der Waals surface area contributed by atoms with Gasteiger partial charge in [-0.15, -0.1) is 0 Å². The molecule has 0 saturated carbocycles. The van der Waals surface area contributed by atoms with Crippen LogP contribution < -0.4 is 9.47 Å². The van der Waals surface area contributed by atoms with Crippen molar-refractivity contribution in [3.05, 3.63) is 30.4 Å². The van der Waals surface area contributed by atoms with Gasteiger partial charge in [0.2, 0.25) is 0 Å². The van der Waals surface area contributed by atoms with Crippen LogP contribution in [0.5, 0.6) is 11.5 Å². The summed E-state index contributed by atoms with van der Waals surface area (Å²) in [4.78, 5) is 10.7. The number of benzene rings is 1. The third-order valence-electron chi connectivity index (χ3n) is 1.54. The first-order valence-electron chi connectivity index (χ1n) is 4.27. The molecule has 6 heteroatoms. The quantitative estimate of drug-likeness (QED) is 0.636. The summed E-state index contributed by atoms with van der Waals surface area (Å²) in [5.41, 5.74) is 0.189. The van der Waals surface area contributed by atoms with E-state index < -0.39 is 12.6 Å². The molecule has 0 spiro atoms. The second-order valence-corrected chi connectivity index (χ2v) is 2.84. The van der Waals surface area contributed by atoms with Crippen molar-refractivity contribution in [2.24, 2.45) is 0 Å². The molecule has 1 N–H and O–H groups in total. The molecule has 0 aliphatic heterocycles. The van der Waals surface area contributed by atoms with Crippen LogP contribution in [0.15, 0.2) is 18.2 Å². The van der Waals surface area contributed by atoms with Gasteiger partial charge in [0.25, 0.3) is 0 Å². The summed E-state index contributed by atoms with van der Waals surface area (Å²) < 4.78 is 32.7. The lowest BCUT2D eigenvalue weighted by atomic mass is 10.2. The second-order valence-electron chi connectivity index (χ2n) is 2.84. The molecule has 0 atom stereocenters. The van der Waals surface area contributed by atoms with Crippen LogP contribution in [0.2, 0.25) is 0 Å². The average Bonchev–Trinajstić information content (AvgIpc) is 2.14. The minimum Gasteiger partial charge on any atom is -0.435 e. The van der Waals surface area contributed by atoms with Crippen molar-refractivity contribution in [2.75, 3.05) is 0 Å². The van der Waals surface area contributed by atoms with Gasteiger partial charge >= 0.3 is 12.6 Å². The van der Waals surface area contributed by atoms with Gasteiger partial charge in [0.1, 0.15) is 18.1 Å². The topological polar surface area (TPSA) is 55.8 Å². The summed E-state index contributed by atoms with van der Waals surface area (Å²) in [6.07, 6.45) is 0. The van der Waals surface area contributed by atoms with Crippen LogP contribution in [-0.2, 0) is 4.79 Å². The number of alkyl halides is 2. The number of halogens is 2. The third-order valence-corrected chi connectivity index (χ3v) is 1.54.